The van der Waals surface area contributed by atoms with E-state index in [2.05, 4.69) is 0 Å². The standard InChI is InChI=1S/C14H15F2NO3/c1-17(2)9-11(13(19)20)12(18)14(15,16)8-10-6-4-3-5-7-10/h3-7,9H,8H2,1-2H3,(H,19,20). The molecule has 0 aromatic heterocycles. The fourth-order valence-corrected chi connectivity index (χ4v) is 1.60. The van der Waals surface area contributed by atoms with Gasteiger partial charge in [-0.3, -0.25) is 4.79 Å². The van der Waals surface area contributed by atoms with Crippen molar-refractivity contribution in [1.82, 2.24) is 4.90 Å². The predicted octanol–water partition coefficient (Wildman–Crippen LogP) is 1.96. The van der Waals surface area contributed by atoms with Crippen molar-refractivity contribution < 1.29 is 23.5 Å². The van der Waals surface area contributed by atoms with E-state index in [1.54, 1.807) is 18.2 Å². The van der Waals surface area contributed by atoms with Crippen molar-refractivity contribution in [3.63, 3.8) is 0 Å². The number of carbonyl (C=O) groups is 2. The largest absolute Gasteiger partial charge is 0.478 e. The lowest BCUT2D eigenvalue weighted by atomic mass is 9.99. The number of aliphatic carboxylic acids is 1. The number of hydrogen-bond donors (Lipinski definition) is 1. The summed E-state index contributed by atoms with van der Waals surface area (Å²) in [6, 6.07) is 7.72. The lowest BCUT2D eigenvalue weighted by Gasteiger charge is -2.16. The third-order valence-corrected chi connectivity index (χ3v) is 2.46. The van der Waals surface area contributed by atoms with Gasteiger partial charge >= 0.3 is 11.9 Å². The van der Waals surface area contributed by atoms with Crippen LogP contribution < -0.4 is 0 Å². The van der Waals surface area contributed by atoms with Gasteiger partial charge in [0.05, 0.1) is 0 Å². The molecule has 0 aliphatic carbocycles. The molecule has 1 aromatic carbocycles. The molecule has 0 bridgehead atoms. The molecule has 1 N–H and O–H groups in total. The second-order valence-electron chi connectivity index (χ2n) is 4.51. The molecular weight excluding hydrogens is 268 g/mol. The first-order valence-electron chi connectivity index (χ1n) is 5.82. The lowest BCUT2D eigenvalue weighted by Crippen LogP contribution is -2.35. The second-order valence-corrected chi connectivity index (χ2v) is 4.51. The fraction of sp³-hybridized carbons (Fsp3) is 0.286. The minimum Gasteiger partial charge on any atom is -0.478 e. The zero-order valence-corrected chi connectivity index (χ0v) is 11.1. The van der Waals surface area contributed by atoms with Crippen molar-refractivity contribution in [2.24, 2.45) is 0 Å². The number of halogens is 2. The van der Waals surface area contributed by atoms with Gasteiger partial charge in [-0.25, -0.2) is 4.79 Å². The van der Waals surface area contributed by atoms with Gasteiger partial charge in [0.25, 0.3) is 0 Å². The maximum Gasteiger partial charge on any atom is 0.341 e. The molecule has 1 rings (SSSR count). The Kier molecular flexibility index (Phi) is 4.96. The van der Waals surface area contributed by atoms with Crippen LogP contribution in [0.2, 0.25) is 0 Å². The monoisotopic (exact) mass is 283 g/mol. The summed E-state index contributed by atoms with van der Waals surface area (Å²) in [6.07, 6.45) is 0.0499. The Morgan fingerprint density at radius 1 is 1.25 bits per heavy atom. The zero-order valence-electron chi connectivity index (χ0n) is 11.1. The molecule has 1 aromatic rings. The topological polar surface area (TPSA) is 57.6 Å². The number of Topliss-reactive ketones (excluding diaryl/α,β-unsaturated/α-hetero) is 1. The number of alkyl halides is 2. The van der Waals surface area contributed by atoms with Crippen molar-refractivity contribution in [1.29, 1.82) is 0 Å². The molecule has 0 amide bonds. The van der Waals surface area contributed by atoms with Crippen molar-refractivity contribution in [2.75, 3.05) is 14.1 Å². The summed E-state index contributed by atoms with van der Waals surface area (Å²) in [7, 11) is 2.90. The summed E-state index contributed by atoms with van der Waals surface area (Å²) >= 11 is 0. The van der Waals surface area contributed by atoms with E-state index in [9.17, 15) is 18.4 Å². The number of ketones is 1. The summed E-state index contributed by atoms with van der Waals surface area (Å²) < 4.78 is 27.8. The third-order valence-electron chi connectivity index (χ3n) is 2.46. The van der Waals surface area contributed by atoms with Gasteiger partial charge in [-0.15, -0.1) is 0 Å². The molecule has 0 aliphatic rings. The summed E-state index contributed by atoms with van der Waals surface area (Å²) in [5, 5.41) is 8.87. The van der Waals surface area contributed by atoms with E-state index >= 15 is 0 Å². The molecule has 0 saturated carbocycles. The van der Waals surface area contributed by atoms with Crippen LogP contribution in [-0.2, 0) is 16.0 Å². The molecule has 0 atom stereocenters. The molecule has 0 heterocycles. The van der Waals surface area contributed by atoms with Gasteiger partial charge in [0.2, 0.25) is 5.78 Å². The van der Waals surface area contributed by atoms with E-state index in [1.165, 1.54) is 31.1 Å². The van der Waals surface area contributed by atoms with Gasteiger partial charge in [-0.1, -0.05) is 30.3 Å². The van der Waals surface area contributed by atoms with Gasteiger partial charge in [0.15, 0.2) is 0 Å². The Labute approximate surface area is 115 Å². The Hall–Kier alpha value is -2.24. The molecule has 0 spiro atoms. The van der Waals surface area contributed by atoms with Crippen molar-refractivity contribution in [3.05, 3.63) is 47.7 Å². The molecule has 0 fully saturated rings. The molecule has 0 saturated heterocycles. The van der Waals surface area contributed by atoms with E-state index < -0.39 is 29.7 Å². The summed E-state index contributed by atoms with van der Waals surface area (Å²) in [6.45, 7) is 0. The van der Waals surface area contributed by atoms with Crippen LogP contribution in [0, 0.1) is 0 Å². The van der Waals surface area contributed by atoms with Gasteiger partial charge in [0.1, 0.15) is 5.57 Å². The first-order chi connectivity index (χ1) is 9.24. The Morgan fingerprint density at radius 2 is 1.80 bits per heavy atom. The van der Waals surface area contributed by atoms with Crippen LogP contribution in [0.1, 0.15) is 5.56 Å². The molecular formula is C14H15F2NO3. The summed E-state index contributed by atoms with van der Waals surface area (Å²) in [5.74, 6) is -7.12. The van der Waals surface area contributed by atoms with Crippen LogP contribution in [0.25, 0.3) is 0 Å². The number of hydrogen-bond acceptors (Lipinski definition) is 3. The maximum atomic E-state index is 13.9. The minimum absolute atomic E-state index is 0.264. The van der Waals surface area contributed by atoms with E-state index in [-0.39, 0.29) is 5.56 Å². The molecule has 4 nitrogen and oxygen atoms in total. The number of carboxylic acid groups (broad SMARTS) is 1. The van der Waals surface area contributed by atoms with Crippen LogP contribution in [-0.4, -0.2) is 41.8 Å². The number of nitrogens with zero attached hydrogens (tertiary/aromatic N) is 1. The molecule has 6 heteroatoms. The number of benzene rings is 1. The van der Waals surface area contributed by atoms with Crippen LogP contribution >= 0.6 is 0 Å². The van der Waals surface area contributed by atoms with Gasteiger partial charge in [0, 0.05) is 26.7 Å². The Morgan fingerprint density at radius 3 is 2.25 bits per heavy atom. The Balaban J connectivity index is 3.01. The van der Waals surface area contributed by atoms with Crippen LogP contribution in [0.5, 0.6) is 0 Å². The third kappa shape index (κ3) is 4.15. The van der Waals surface area contributed by atoms with Gasteiger partial charge in [-0.05, 0) is 5.56 Å². The van der Waals surface area contributed by atoms with E-state index in [4.69, 9.17) is 5.11 Å². The highest BCUT2D eigenvalue weighted by Crippen LogP contribution is 2.24. The quantitative estimate of drug-likeness (QED) is 0.492. The SMILES string of the molecule is CN(C)C=C(C(=O)O)C(=O)C(F)(F)Cc1ccccc1. The van der Waals surface area contributed by atoms with E-state index in [0.717, 1.165) is 6.20 Å². The van der Waals surface area contributed by atoms with Gasteiger partial charge in [-0.2, -0.15) is 8.78 Å². The number of carbonyl (C=O) groups excluding carboxylic acids is 1. The molecule has 0 unspecified atom stereocenters. The molecule has 0 aliphatic heterocycles. The van der Waals surface area contributed by atoms with Crippen LogP contribution in [0.15, 0.2) is 42.1 Å². The normalized spacial score (nSPS) is 12.1. The molecule has 108 valence electrons. The van der Waals surface area contributed by atoms with Crippen LogP contribution in [0.4, 0.5) is 8.78 Å². The number of rotatable bonds is 6. The maximum absolute atomic E-state index is 13.9. The highest BCUT2D eigenvalue weighted by molar-refractivity contribution is 6.19. The first kappa shape index (κ1) is 15.8. The first-order valence-corrected chi connectivity index (χ1v) is 5.82. The zero-order chi connectivity index (χ0) is 15.3. The highest BCUT2D eigenvalue weighted by atomic mass is 19.3. The lowest BCUT2D eigenvalue weighted by molar-refractivity contribution is -0.144. The van der Waals surface area contributed by atoms with Gasteiger partial charge < -0.3 is 10.0 Å². The fourth-order valence-electron chi connectivity index (χ4n) is 1.60. The van der Waals surface area contributed by atoms with E-state index in [0.29, 0.717) is 0 Å². The van der Waals surface area contributed by atoms with Crippen molar-refractivity contribution in [3.8, 4) is 0 Å². The minimum atomic E-state index is -3.76. The van der Waals surface area contributed by atoms with Crippen molar-refractivity contribution in [2.45, 2.75) is 12.3 Å². The number of carboxylic acids is 1. The van der Waals surface area contributed by atoms with Crippen LogP contribution in [0.3, 0.4) is 0 Å². The average Bonchev–Trinajstić information content (AvgIpc) is 2.35. The Bertz CT molecular complexity index is 524. The smallest absolute Gasteiger partial charge is 0.341 e. The average molecular weight is 283 g/mol. The van der Waals surface area contributed by atoms with E-state index in [1.807, 2.05) is 0 Å². The van der Waals surface area contributed by atoms with Crippen molar-refractivity contribution >= 4 is 11.8 Å². The highest BCUT2D eigenvalue weighted by Gasteiger charge is 2.42. The molecule has 20 heavy (non-hydrogen) atoms. The predicted molar refractivity (Wildman–Crippen MR) is 69.5 cm³/mol. The summed E-state index contributed by atoms with van der Waals surface area (Å²) in [4.78, 5) is 23.9. The molecule has 0 radical (unpaired) electrons. The second kappa shape index (κ2) is 6.27. The summed E-state index contributed by atoms with van der Waals surface area (Å²) in [5.41, 5.74) is -0.670.